The van der Waals surface area contributed by atoms with Gasteiger partial charge in [-0.2, -0.15) is 4.31 Å². The Morgan fingerprint density at radius 2 is 1.87 bits per heavy atom. The van der Waals surface area contributed by atoms with Gasteiger partial charge in [-0.3, -0.25) is 4.90 Å². The van der Waals surface area contributed by atoms with E-state index in [9.17, 15) is 8.42 Å². The topological polar surface area (TPSA) is 71.1 Å². The summed E-state index contributed by atoms with van der Waals surface area (Å²) in [5.41, 5.74) is 0. The molecule has 23 heavy (non-hydrogen) atoms. The van der Waals surface area contributed by atoms with Gasteiger partial charge in [-0.1, -0.05) is 0 Å². The van der Waals surface area contributed by atoms with Crippen molar-refractivity contribution in [3.63, 3.8) is 0 Å². The lowest BCUT2D eigenvalue weighted by atomic mass is 10.2. The zero-order chi connectivity index (χ0) is 15.9. The predicted octanol–water partition coefficient (Wildman–Crippen LogP) is 0.0835. The number of piperazine rings is 1. The summed E-state index contributed by atoms with van der Waals surface area (Å²) >= 11 is 0. The summed E-state index contributed by atoms with van der Waals surface area (Å²) in [7, 11) is -3.48. The molecule has 1 atom stereocenters. The molecule has 3 aliphatic heterocycles. The monoisotopic (exact) mass is 339 g/mol. The van der Waals surface area contributed by atoms with Gasteiger partial charge in [0.15, 0.2) is 11.5 Å². The van der Waals surface area contributed by atoms with Crippen LogP contribution in [0.25, 0.3) is 0 Å². The molecule has 1 aromatic carbocycles. The predicted molar refractivity (Wildman–Crippen MR) is 84.2 cm³/mol. The third-order valence-corrected chi connectivity index (χ3v) is 6.64. The van der Waals surface area contributed by atoms with Gasteiger partial charge in [-0.05, 0) is 18.6 Å². The summed E-state index contributed by atoms with van der Waals surface area (Å²) in [4.78, 5) is 2.67. The smallest absolute Gasteiger partial charge is 0.243 e. The van der Waals surface area contributed by atoms with Gasteiger partial charge in [0.25, 0.3) is 0 Å². The maximum absolute atomic E-state index is 12.9. The second-order valence-electron chi connectivity index (χ2n) is 6.11. The molecule has 7 nitrogen and oxygen atoms in total. The van der Waals surface area contributed by atoms with E-state index < -0.39 is 10.0 Å². The number of ether oxygens (including phenoxy) is 2. The molecule has 0 bridgehead atoms. The molecule has 0 spiro atoms. The normalized spacial score (nSPS) is 25.8. The van der Waals surface area contributed by atoms with Gasteiger partial charge in [0.05, 0.1) is 4.90 Å². The van der Waals surface area contributed by atoms with E-state index >= 15 is 0 Å². The van der Waals surface area contributed by atoms with E-state index in [-0.39, 0.29) is 11.7 Å². The van der Waals surface area contributed by atoms with Gasteiger partial charge in [0.2, 0.25) is 16.8 Å². The van der Waals surface area contributed by atoms with Crippen molar-refractivity contribution in [2.75, 3.05) is 46.1 Å². The first-order chi connectivity index (χ1) is 11.1. The molecule has 3 aliphatic rings. The number of nitrogens with zero attached hydrogens (tertiary/aromatic N) is 2. The van der Waals surface area contributed by atoms with E-state index in [0.717, 1.165) is 32.6 Å². The fraction of sp³-hybridized carbons (Fsp3) is 0.600. The Kier molecular flexibility index (Phi) is 3.92. The van der Waals surface area contributed by atoms with Gasteiger partial charge >= 0.3 is 0 Å². The molecule has 1 unspecified atom stereocenters. The molecule has 0 saturated carbocycles. The summed E-state index contributed by atoms with van der Waals surface area (Å²) in [5.74, 6) is 1.10. The van der Waals surface area contributed by atoms with Crippen LogP contribution >= 0.6 is 0 Å². The van der Waals surface area contributed by atoms with Crippen LogP contribution in [-0.2, 0) is 10.0 Å². The number of benzene rings is 1. The molecule has 0 aliphatic carbocycles. The Balaban J connectivity index is 1.51. The van der Waals surface area contributed by atoms with E-state index in [1.54, 1.807) is 22.5 Å². The third-order valence-electron chi connectivity index (χ3n) is 4.78. The van der Waals surface area contributed by atoms with Crippen molar-refractivity contribution in [1.82, 2.24) is 14.5 Å². The highest BCUT2D eigenvalue weighted by molar-refractivity contribution is 7.89. The Hall–Kier alpha value is -1.35. The second kappa shape index (κ2) is 5.94. The summed E-state index contributed by atoms with van der Waals surface area (Å²) in [6, 6.07) is 5.15. The van der Waals surface area contributed by atoms with Crippen LogP contribution in [0.5, 0.6) is 11.5 Å². The van der Waals surface area contributed by atoms with Crippen molar-refractivity contribution in [1.29, 1.82) is 0 Å². The van der Waals surface area contributed by atoms with Crippen LogP contribution in [-0.4, -0.2) is 69.7 Å². The number of nitrogens with one attached hydrogen (secondary N) is 1. The summed E-state index contributed by atoms with van der Waals surface area (Å²) in [6.45, 7) is 5.22. The second-order valence-corrected chi connectivity index (χ2v) is 8.04. The van der Waals surface area contributed by atoms with Crippen LogP contribution in [0.4, 0.5) is 0 Å². The highest BCUT2D eigenvalue weighted by Gasteiger charge is 2.36. The molecular formula is C15H21N3O4S. The number of fused-ring (bicyclic) bond motifs is 1. The van der Waals surface area contributed by atoms with E-state index in [2.05, 4.69) is 10.2 Å². The lowest BCUT2D eigenvalue weighted by Gasteiger charge is -2.32. The molecule has 8 heteroatoms. The molecule has 1 aromatic rings. The Morgan fingerprint density at radius 1 is 1.09 bits per heavy atom. The first-order valence-electron chi connectivity index (χ1n) is 7.99. The van der Waals surface area contributed by atoms with Crippen molar-refractivity contribution in [3.8, 4) is 11.5 Å². The van der Waals surface area contributed by atoms with Crippen molar-refractivity contribution in [2.24, 2.45) is 0 Å². The standard InChI is InChI=1S/C15H21N3O4S/c19-23(20,13-1-2-14-15(9-13)22-11-21-14)18-6-3-12(10-18)17-7-4-16-5-8-17/h1-2,9,12,16H,3-8,10-11H2. The molecule has 0 aromatic heterocycles. The lowest BCUT2D eigenvalue weighted by molar-refractivity contribution is 0.174. The fourth-order valence-electron chi connectivity index (χ4n) is 3.46. The molecule has 2 saturated heterocycles. The Morgan fingerprint density at radius 3 is 2.70 bits per heavy atom. The Labute approximate surface area is 136 Å². The van der Waals surface area contributed by atoms with E-state index in [0.29, 0.717) is 30.6 Å². The molecule has 4 rings (SSSR count). The first-order valence-corrected chi connectivity index (χ1v) is 9.43. The van der Waals surface area contributed by atoms with E-state index in [4.69, 9.17) is 9.47 Å². The van der Waals surface area contributed by atoms with E-state index in [1.165, 1.54) is 0 Å². The Bertz CT molecular complexity index is 688. The quantitative estimate of drug-likeness (QED) is 0.841. The summed E-state index contributed by atoms with van der Waals surface area (Å²) in [6.07, 6.45) is 0.893. The van der Waals surface area contributed by atoms with Crippen LogP contribution in [0.2, 0.25) is 0 Å². The highest BCUT2D eigenvalue weighted by atomic mass is 32.2. The summed E-state index contributed by atoms with van der Waals surface area (Å²) < 4.78 is 37.9. The minimum absolute atomic E-state index is 0.146. The van der Waals surface area contributed by atoms with Gasteiger partial charge in [-0.15, -0.1) is 0 Å². The van der Waals surface area contributed by atoms with Crippen molar-refractivity contribution < 1.29 is 17.9 Å². The highest BCUT2D eigenvalue weighted by Crippen LogP contribution is 2.35. The molecule has 126 valence electrons. The van der Waals surface area contributed by atoms with Gasteiger partial charge in [0.1, 0.15) is 0 Å². The average Bonchev–Trinajstić information content (AvgIpc) is 3.24. The molecule has 0 radical (unpaired) electrons. The van der Waals surface area contributed by atoms with E-state index in [1.807, 2.05) is 0 Å². The first kappa shape index (κ1) is 15.2. The van der Waals surface area contributed by atoms with Crippen molar-refractivity contribution in [3.05, 3.63) is 18.2 Å². The lowest BCUT2D eigenvalue weighted by Crippen LogP contribution is -2.49. The SMILES string of the molecule is O=S(=O)(c1ccc2c(c1)OCO2)N1CCC(N2CCNCC2)C1. The minimum Gasteiger partial charge on any atom is -0.454 e. The van der Waals surface area contributed by atoms with Gasteiger partial charge in [-0.25, -0.2) is 8.42 Å². The van der Waals surface area contributed by atoms with Gasteiger partial charge in [0, 0.05) is 51.4 Å². The molecular weight excluding hydrogens is 318 g/mol. The van der Waals surface area contributed by atoms with Crippen LogP contribution in [0.15, 0.2) is 23.1 Å². The number of hydrogen-bond acceptors (Lipinski definition) is 6. The maximum Gasteiger partial charge on any atom is 0.243 e. The third kappa shape index (κ3) is 2.80. The fourth-order valence-corrected chi connectivity index (χ4v) is 4.97. The van der Waals surface area contributed by atoms with Crippen molar-refractivity contribution >= 4 is 10.0 Å². The zero-order valence-corrected chi connectivity index (χ0v) is 13.7. The van der Waals surface area contributed by atoms with Gasteiger partial charge < -0.3 is 14.8 Å². The zero-order valence-electron chi connectivity index (χ0n) is 12.9. The number of rotatable bonds is 3. The molecule has 1 N–H and O–H groups in total. The minimum atomic E-state index is -3.48. The van der Waals surface area contributed by atoms with Crippen molar-refractivity contribution in [2.45, 2.75) is 17.4 Å². The average molecular weight is 339 g/mol. The van der Waals surface area contributed by atoms with Crippen LogP contribution < -0.4 is 14.8 Å². The maximum atomic E-state index is 12.9. The number of hydrogen-bond donors (Lipinski definition) is 1. The number of sulfonamides is 1. The van der Waals surface area contributed by atoms with Crippen LogP contribution in [0, 0.1) is 0 Å². The summed E-state index contributed by atoms with van der Waals surface area (Å²) in [5, 5.41) is 3.33. The molecule has 2 fully saturated rings. The van der Waals surface area contributed by atoms with Crippen LogP contribution in [0.3, 0.4) is 0 Å². The largest absolute Gasteiger partial charge is 0.454 e. The van der Waals surface area contributed by atoms with Crippen LogP contribution in [0.1, 0.15) is 6.42 Å². The molecule has 0 amide bonds. The molecule has 3 heterocycles.